The normalized spacial score (nSPS) is 12.2. The van der Waals surface area contributed by atoms with Crippen molar-refractivity contribution in [3.63, 3.8) is 0 Å². The van der Waals surface area contributed by atoms with E-state index in [1.54, 1.807) is 46.0 Å². The van der Waals surface area contributed by atoms with Crippen LogP contribution in [0.5, 0.6) is 0 Å². The van der Waals surface area contributed by atoms with Gasteiger partial charge in [0.05, 0.1) is 6.61 Å². The Morgan fingerprint density at radius 3 is 2.54 bits per heavy atom. The largest absolute Gasteiger partial charge is 0.464 e. The van der Waals surface area contributed by atoms with E-state index in [0.717, 1.165) is 0 Å². The second-order valence-electron chi connectivity index (χ2n) is 6.15. The lowest BCUT2D eigenvalue weighted by atomic mass is 10.0. The molecule has 1 aromatic rings. The second-order valence-corrected chi connectivity index (χ2v) is 6.15. The van der Waals surface area contributed by atoms with Crippen molar-refractivity contribution in [3.8, 4) is 0 Å². The summed E-state index contributed by atoms with van der Waals surface area (Å²) in [7, 11) is 0. The number of nitrogens with zero attached hydrogens (tertiary/aromatic N) is 1. The highest BCUT2D eigenvalue weighted by Crippen LogP contribution is 2.10. The number of nitrogens with one attached hydrogen (secondary N) is 1. The summed E-state index contributed by atoms with van der Waals surface area (Å²) < 4.78 is 10.1. The molecular formula is C17H24N2O5. The number of esters is 1. The molecule has 0 aliphatic carbocycles. The number of pyridine rings is 1. The van der Waals surface area contributed by atoms with Crippen molar-refractivity contribution in [2.75, 3.05) is 6.61 Å². The second kappa shape index (κ2) is 9.00. The molecule has 0 bridgehead atoms. The Labute approximate surface area is 141 Å². The topological polar surface area (TPSA) is 94.6 Å². The van der Waals surface area contributed by atoms with Crippen LogP contribution < -0.4 is 5.32 Å². The molecule has 0 fully saturated rings. The summed E-state index contributed by atoms with van der Waals surface area (Å²) in [4.78, 5) is 39.8. The maximum atomic E-state index is 12.1. The maximum Gasteiger partial charge on any atom is 0.408 e. The Balaban J connectivity index is 2.67. The van der Waals surface area contributed by atoms with Gasteiger partial charge < -0.3 is 14.8 Å². The SMILES string of the molecule is CCOC(=O)[C@H](CCC(=O)c1cccnc1)NC(=O)OC(C)(C)C. The van der Waals surface area contributed by atoms with Crippen LogP contribution in [0.4, 0.5) is 4.79 Å². The van der Waals surface area contributed by atoms with E-state index in [4.69, 9.17) is 9.47 Å². The lowest BCUT2D eigenvalue weighted by molar-refractivity contribution is -0.145. The summed E-state index contributed by atoms with van der Waals surface area (Å²) in [5.74, 6) is -0.759. The number of hydrogen-bond donors (Lipinski definition) is 1. The monoisotopic (exact) mass is 336 g/mol. The zero-order chi connectivity index (χ0) is 18.2. The lowest BCUT2D eigenvalue weighted by Gasteiger charge is -2.22. The third-order valence-electron chi connectivity index (χ3n) is 2.91. The number of hydrogen-bond acceptors (Lipinski definition) is 6. The van der Waals surface area contributed by atoms with Crippen molar-refractivity contribution in [2.24, 2.45) is 0 Å². The average molecular weight is 336 g/mol. The summed E-state index contributed by atoms with van der Waals surface area (Å²) in [6.45, 7) is 7.01. The number of alkyl carbamates (subject to hydrolysis) is 1. The molecule has 7 heteroatoms. The van der Waals surface area contributed by atoms with Gasteiger partial charge in [0.1, 0.15) is 11.6 Å². The highest BCUT2D eigenvalue weighted by molar-refractivity contribution is 5.96. The molecule has 0 aliphatic rings. The summed E-state index contributed by atoms with van der Waals surface area (Å²) >= 11 is 0. The van der Waals surface area contributed by atoms with E-state index in [0.29, 0.717) is 5.56 Å². The van der Waals surface area contributed by atoms with Gasteiger partial charge in [-0.25, -0.2) is 9.59 Å². The third-order valence-corrected chi connectivity index (χ3v) is 2.91. The lowest BCUT2D eigenvalue weighted by Crippen LogP contribution is -2.44. The van der Waals surface area contributed by atoms with Crippen molar-refractivity contribution >= 4 is 17.8 Å². The van der Waals surface area contributed by atoms with Gasteiger partial charge in [0, 0.05) is 24.4 Å². The van der Waals surface area contributed by atoms with Crippen LogP contribution >= 0.6 is 0 Å². The van der Waals surface area contributed by atoms with Gasteiger partial charge in [0.25, 0.3) is 0 Å². The van der Waals surface area contributed by atoms with Gasteiger partial charge >= 0.3 is 12.1 Å². The van der Waals surface area contributed by atoms with Crippen LogP contribution in [-0.2, 0) is 14.3 Å². The zero-order valence-electron chi connectivity index (χ0n) is 14.5. The van der Waals surface area contributed by atoms with E-state index < -0.39 is 23.7 Å². The van der Waals surface area contributed by atoms with E-state index in [1.807, 2.05) is 0 Å². The first-order chi connectivity index (χ1) is 11.2. The summed E-state index contributed by atoms with van der Waals surface area (Å²) in [5.41, 5.74) is -0.230. The third kappa shape index (κ3) is 7.21. The zero-order valence-corrected chi connectivity index (χ0v) is 14.5. The minimum atomic E-state index is -0.944. The van der Waals surface area contributed by atoms with Gasteiger partial charge in [-0.1, -0.05) is 0 Å². The van der Waals surface area contributed by atoms with E-state index in [9.17, 15) is 14.4 Å². The molecule has 1 amide bonds. The van der Waals surface area contributed by atoms with E-state index >= 15 is 0 Å². The van der Waals surface area contributed by atoms with Crippen LogP contribution in [0.3, 0.4) is 0 Å². The quantitative estimate of drug-likeness (QED) is 0.607. The Morgan fingerprint density at radius 2 is 2.00 bits per heavy atom. The molecule has 0 radical (unpaired) electrons. The first-order valence-corrected chi connectivity index (χ1v) is 7.82. The molecule has 1 rings (SSSR count). The van der Waals surface area contributed by atoms with Crippen LogP contribution in [0.2, 0.25) is 0 Å². The van der Waals surface area contributed by atoms with Crippen molar-refractivity contribution in [1.82, 2.24) is 10.3 Å². The minimum Gasteiger partial charge on any atom is -0.464 e. The molecule has 0 aliphatic heterocycles. The van der Waals surface area contributed by atoms with Crippen LogP contribution in [0.15, 0.2) is 24.5 Å². The van der Waals surface area contributed by atoms with E-state index in [-0.39, 0.29) is 25.2 Å². The van der Waals surface area contributed by atoms with Crippen molar-refractivity contribution < 1.29 is 23.9 Å². The van der Waals surface area contributed by atoms with Gasteiger partial charge in [-0.05, 0) is 46.2 Å². The number of rotatable bonds is 7. The standard InChI is InChI=1S/C17H24N2O5/c1-5-23-15(21)13(19-16(22)24-17(2,3)4)8-9-14(20)12-7-6-10-18-11-12/h6-7,10-11,13H,5,8-9H2,1-4H3,(H,19,22)/t13-/m0/s1. The summed E-state index contributed by atoms with van der Waals surface area (Å²) in [5, 5.41) is 2.46. The number of aromatic nitrogens is 1. The van der Waals surface area contributed by atoms with Gasteiger partial charge in [0.15, 0.2) is 5.78 Å². The molecule has 1 N–H and O–H groups in total. The van der Waals surface area contributed by atoms with E-state index in [2.05, 4.69) is 10.3 Å². The van der Waals surface area contributed by atoms with Crippen LogP contribution in [-0.4, -0.2) is 41.1 Å². The molecular weight excluding hydrogens is 312 g/mol. The fourth-order valence-corrected chi connectivity index (χ4v) is 1.89. The van der Waals surface area contributed by atoms with Gasteiger partial charge in [-0.2, -0.15) is 0 Å². The number of carbonyl (C=O) groups excluding carboxylic acids is 3. The molecule has 1 aromatic heterocycles. The number of ketones is 1. The van der Waals surface area contributed by atoms with Gasteiger partial charge in [-0.3, -0.25) is 9.78 Å². The molecule has 0 aromatic carbocycles. The molecule has 0 saturated heterocycles. The van der Waals surface area contributed by atoms with Crippen molar-refractivity contribution in [2.45, 2.75) is 52.2 Å². The Bertz CT molecular complexity index is 566. The van der Waals surface area contributed by atoms with Crippen molar-refractivity contribution in [1.29, 1.82) is 0 Å². The van der Waals surface area contributed by atoms with Crippen LogP contribution in [0.1, 0.15) is 50.9 Å². The summed E-state index contributed by atoms with van der Waals surface area (Å²) in [6, 6.07) is 2.37. The average Bonchev–Trinajstić information content (AvgIpc) is 2.50. The predicted octanol–water partition coefficient (Wildman–Crippen LogP) is 2.50. The number of ether oxygens (including phenoxy) is 2. The first kappa shape index (κ1) is 19.6. The highest BCUT2D eigenvalue weighted by atomic mass is 16.6. The fraction of sp³-hybridized carbons (Fsp3) is 0.529. The molecule has 132 valence electrons. The number of amides is 1. The van der Waals surface area contributed by atoms with E-state index in [1.165, 1.54) is 6.20 Å². The molecule has 0 unspecified atom stereocenters. The van der Waals surface area contributed by atoms with Crippen LogP contribution in [0, 0.1) is 0 Å². The molecule has 7 nitrogen and oxygen atoms in total. The summed E-state index contributed by atoms with van der Waals surface area (Å²) in [6.07, 6.45) is 2.50. The predicted molar refractivity (Wildman–Crippen MR) is 87.6 cm³/mol. The van der Waals surface area contributed by atoms with Crippen LogP contribution in [0.25, 0.3) is 0 Å². The Kier molecular flexibility index (Phi) is 7.35. The fourth-order valence-electron chi connectivity index (χ4n) is 1.89. The number of carbonyl (C=O) groups is 3. The molecule has 1 atom stereocenters. The molecule has 24 heavy (non-hydrogen) atoms. The smallest absolute Gasteiger partial charge is 0.408 e. The molecule has 1 heterocycles. The van der Waals surface area contributed by atoms with Crippen molar-refractivity contribution in [3.05, 3.63) is 30.1 Å². The number of Topliss-reactive ketones (excluding diaryl/α,β-unsaturated/α-hetero) is 1. The highest BCUT2D eigenvalue weighted by Gasteiger charge is 2.26. The molecule has 0 spiro atoms. The Morgan fingerprint density at radius 1 is 1.29 bits per heavy atom. The Hall–Kier alpha value is -2.44. The van der Waals surface area contributed by atoms with Gasteiger partial charge in [-0.15, -0.1) is 0 Å². The molecule has 0 saturated carbocycles. The first-order valence-electron chi connectivity index (χ1n) is 7.82. The minimum absolute atomic E-state index is 0.0744. The van der Waals surface area contributed by atoms with Gasteiger partial charge in [0.2, 0.25) is 0 Å². The maximum absolute atomic E-state index is 12.1.